The molecule has 0 radical (unpaired) electrons. The van der Waals surface area contributed by atoms with E-state index in [1.165, 1.54) is 47.0 Å². The molecular formula is C20H20N8O5S4. The first-order valence-corrected chi connectivity index (χ1v) is 14.3. The van der Waals surface area contributed by atoms with Crippen molar-refractivity contribution in [3.8, 4) is 0 Å². The number of carbonyl (C=O) groups excluding carboxylic acids is 2. The van der Waals surface area contributed by atoms with Gasteiger partial charge in [-0.25, -0.2) is 9.78 Å². The number of carboxylic acid groups (broad SMARTS) is 1. The van der Waals surface area contributed by atoms with E-state index in [9.17, 15) is 24.4 Å². The van der Waals surface area contributed by atoms with Gasteiger partial charge in [-0.1, -0.05) is 11.8 Å². The van der Waals surface area contributed by atoms with E-state index in [4.69, 9.17) is 11.5 Å². The quantitative estimate of drug-likeness (QED) is 0.0745. The Bertz CT molecular complexity index is 1280. The van der Waals surface area contributed by atoms with Crippen LogP contribution >= 0.6 is 46.6 Å². The zero-order valence-electron chi connectivity index (χ0n) is 18.8. The molecule has 194 valence electrons. The number of pyridine rings is 1. The van der Waals surface area contributed by atoms with Gasteiger partial charge in [0.1, 0.15) is 17.1 Å². The van der Waals surface area contributed by atoms with Crippen LogP contribution in [0.15, 0.2) is 54.4 Å². The molecule has 0 saturated carbocycles. The Balaban J connectivity index is 1.50. The number of rotatable bonds is 11. The number of nitrogens with two attached hydrogens (primary N) is 2. The van der Waals surface area contributed by atoms with E-state index < -0.39 is 35.2 Å². The first-order chi connectivity index (χ1) is 17.8. The van der Waals surface area contributed by atoms with E-state index in [0.717, 1.165) is 26.0 Å². The molecule has 13 nitrogen and oxygen atoms in total. The van der Waals surface area contributed by atoms with Crippen LogP contribution in [-0.4, -0.2) is 73.6 Å². The normalized spacial score (nSPS) is 19.9. The lowest BCUT2D eigenvalue weighted by Gasteiger charge is -2.49. The Morgan fingerprint density at radius 2 is 2.22 bits per heavy atom. The second kappa shape index (κ2) is 11.9. The van der Waals surface area contributed by atoms with Gasteiger partial charge in [-0.05, 0) is 11.2 Å². The molecule has 2 amide bonds. The topological polar surface area (TPSA) is 206 Å². The second-order valence-corrected chi connectivity index (χ2v) is 11.7. The molecule has 0 aliphatic carbocycles. The Morgan fingerprint density at radius 1 is 1.41 bits per heavy atom. The predicted molar refractivity (Wildman–Crippen MR) is 143 cm³/mol. The number of fused-ring (bicyclic) bond motifs is 1. The number of nitrogen functional groups attached to an aromatic ring is 1. The van der Waals surface area contributed by atoms with Crippen LogP contribution in [-0.2, 0) is 14.4 Å². The van der Waals surface area contributed by atoms with Gasteiger partial charge in [0.2, 0.25) is 6.04 Å². The van der Waals surface area contributed by atoms with E-state index in [1.807, 2.05) is 0 Å². The van der Waals surface area contributed by atoms with E-state index >= 15 is 0 Å². The number of aliphatic imine (C=N–C) groups is 1. The first kappa shape index (κ1) is 26.9. The van der Waals surface area contributed by atoms with Gasteiger partial charge in [-0.2, -0.15) is 0 Å². The third-order valence-electron chi connectivity index (χ3n) is 5.17. The smallest absolute Gasteiger partial charge is 0.353 e. The van der Waals surface area contributed by atoms with Crippen LogP contribution in [0.2, 0.25) is 0 Å². The Morgan fingerprint density at radius 3 is 2.89 bits per heavy atom. The SMILES string of the molecule is NC=NCCSc1cnccc1SC1=C(C(=O)O)N2C(=O)[C@@H](NC(=O)C(N=O)c3csc(N)n3)[C@@H]2SC1. The Hall–Kier alpha value is -3.15. The number of nitroso groups, excluding NO2 is 1. The number of β-lactam (4-membered cyclic amide) rings is 1. The fourth-order valence-electron chi connectivity index (χ4n) is 3.54. The summed E-state index contributed by atoms with van der Waals surface area (Å²) < 4.78 is 0. The Kier molecular flexibility index (Phi) is 8.67. The highest BCUT2D eigenvalue weighted by Crippen LogP contribution is 2.46. The van der Waals surface area contributed by atoms with Crippen LogP contribution in [0.5, 0.6) is 0 Å². The molecule has 4 rings (SSSR count). The number of amides is 2. The molecular weight excluding hydrogens is 561 g/mol. The highest BCUT2D eigenvalue weighted by atomic mass is 32.2. The predicted octanol–water partition coefficient (Wildman–Crippen LogP) is 1.50. The third-order valence-corrected chi connectivity index (χ3v) is 9.64. The number of nitrogens with one attached hydrogen (secondary N) is 1. The summed E-state index contributed by atoms with van der Waals surface area (Å²) in [7, 11) is 0. The molecule has 4 heterocycles. The largest absolute Gasteiger partial charge is 0.477 e. The number of carboxylic acids is 1. The molecule has 0 spiro atoms. The fourth-order valence-corrected chi connectivity index (χ4v) is 7.65. The van der Waals surface area contributed by atoms with Gasteiger partial charge in [0.25, 0.3) is 11.8 Å². The average molecular weight is 581 g/mol. The molecule has 1 unspecified atom stereocenters. The molecule has 1 fully saturated rings. The maximum atomic E-state index is 13.0. The lowest BCUT2D eigenvalue weighted by atomic mass is 10.0. The lowest BCUT2D eigenvalue weighted by molar-refractivity contribution is -0.150. The molecule has 0 bridgehead atoms. The molecule has 2 aromatic rings. The van der Waals surface area contributed by atoms with Crippen molar-refractivity contribution in [3.05, 3.63) is 45.0 Å². The van der Waals surface area contributed by atoms with Crippen LogP contribution in [0.3, 0.4) is 0 Å². The van der Waals surface area contributed by atoms with Gasteiger partial charge in [0, 0.05) is 44.0 Å². The summed E-state index contributed by atoms with van der Waals surface area (Å²) in [6.45, 7) is 0.520. The number of anilines is 1. The molecule has 1 saturated heterocycles. The van der Waals surface area contributed by atoms with Gasteiger partial charge in [0.05, 0.1) is 18.6 Å². The zero-order valence-corrected chi connectivity index (χ0v) is 22.1. The number of aromatic nitrogens is 2. The number of carbonyl (C=O) groups is 3. The summed E-state index contributed by atoms with van der Waals surface area (Å²) in [6.07, 6.45) is 4.54. The Labute approximate surface area is 226 Å². The summed E-state index contributed by atoms with van der Waals surface area (Å²) in [5, 5.41) is 16.3. The number of hydrogen-bond donors (Lipinski definition) is 4. The van der Waals surface area contributed by atoms with Gasteiger partial charge in [-0.15, -0.1) is 39.8 Å². The highest BCUT2D eigenvalue weighted by molar-refractivity contribution is 8.07. The van der Waals surface area contributed by atoms with Crippen molar-refractivity contribution in [2.45, 2.75) is 27.2 Å². The van der Waals surface area contributed by atoms with Gasteiger partial charge in [-0.3, -0.25) is 24.5 Å². The standard InChI is InChI=1S/C20H20N8O5S4/c21-8-24-3-4-34-11-5-23-2-1-10(11)37-12-7-35-18-14(17(30)28(18)15(12)19(31)32)26-16(29)13(27-33)9-6-36-20(22)25-9/h1-2,5-6,8,13-14,18H,3-4,7H2,(H2,21,24)(H2,22,25)(H,26,29)(H,31,32)/t13?,14-,18+/m1/s1. The maximum Gasteiger partial charge on any atom is 0.353 e. The lowest BCUT2D eigenvalue weighted by Crippen LogP contribution is -2.70. The number of thioether (sulfide) groups is 3. The molecule has 37 heavy (non-hydrogen) atoms. The van der Waals surface area contributed by atoms with Crippen molar-refractivity contribution in [2.75, 3.05) is 23.8 Å². The van der Waals surface area contributed by atoms with Crippen molar-refractivity contribution in [2.24, 2.45) is 15.9 Å². The van der Waals surface area contributed by atoms with Crippen molar-refractivity contribution in [1.82, 2.24) is 20.2 Å². The molecule has 17 heteroatoms. The number of aliphatic carboxylic acids is 1. The molecule has 2 aliphatic rings. The summed E-state index contributed by atoms with van der Waals surface area (Å²) in [5.74, 6) is -1.69. The molecule has 0 aromatic carbocycles. The van der Waals surface area contributed by atoms with Crippen LogP contribution in [0.1, 0.15) is 11.7 Å². The third kappa shape index (κ3) is 5.73. The van der Waals surface area contributed by atoms with Crippen LogP contribution in [0.25, 0.3) is 0 Å². The van der Waals surface area contributed by atoms with Crippen molar-refractivity contribution in [1.29, 1.82) is 0 Å². The van der Waals surface area contributed by atoms with E-state index in [0.29, 0.717) is 23.0 Å². The summed E-state index contributed by atoms with van der Waals surface area (Å²) in [4.78, 5) is 64.5. The molecule has 3 atom stereocenters. The van der Waals surface area contributed by atoms with Crippen molar-refractivity contribution in [3.63, 3.8) is 0 Å². The molecule has 2 aromatic heterocycles. The highest BCUT2D eigenvalue weighted by Gasteiger charge is 2.54. The van der Waals surface area contributed by atoms with Crippen LogP contribution < -0.4 is 16.8 Å². The van der Waals surface area contributed by atoms with Gasteiger partial charge < -0.3 is 21.9 Å². The van der Waals surface area contributed by atoms with Gasteiger partial charge in [0.15, 0.2) is 5.13 Å². The van der Waals surface area contributed by atoms with E-state index in [-0.39, 0.29) is 16.5 Å². The summed E-state index contributed by atoms with van der Waals surface area (Å²) in [5.41, 5.74) is 10.8. The van der Waals surface area contributed by atoms with Gasteiger partial charge >= 0.3 is 5.97 Å². The van der Waals surface area contributed by atoms with Crippen molar-refractivity contribution < 1.29 is 19.5 Å². The molecule has 6 N–H and O–H groups in total. The fraction of sp³-hybridized carbons (Fsp3) is 0.300. The minimum absolute atomic E-state index is 0.0839. The maximum absolute atomic E-state index is 13.0. The number of thiazole rings is 1. The second-order valence-electron chi connectivity index (χ2n) is 7.42. The van der Waals surface area contributed by atoms with Crippen LogP contribution in [0, 0.1) is 4.91 Å². The van der Waals surface area contributed by atoms with Crippen molar-refractivity contribution >= 4 is 75.9 Å². The molecule has 2 aliphatic heterocycles. The summed E-state index contributed by atoms with van der Waals surface area (Å²) in [6, 6.07) is -0.696. The zero-order chi connectivity index (χ0) is 26.5. The minimum Gasteiger partial charge on any atom is -0.477 e. The minimum atomic E-state index is -1.47. The number of hydrogen-bond acceptors (Lipinski definition) is 13. The van der Waals surface area contributed by atoms with Crippen LogP contribution in [0.4, 0.5) is 5.13 Å². The monoisotopic (exact) mass is 580 g/mol. The number of nitrogens with zero attached hydrogens (tertiary/aromatic N) is 5. The summed E-state index contributed by atoms with van der Waals surface area (Å²) >= 11 is 5.13. The van der Waals surface area contributed by atoms with E-state index in [1.54, 1.807) is 18.5 Å². The first-order valence-electron chi connectivity index (χ1n) is 10.5. The average Bonchev–Trinajstić information content (AvgIpc) is 3.31. The van der Waals surface area contributed by atoms with E-state index in [2.05, 4.69) is 25.5 Å².